The van der Waals surface area contributed by atoms with E-state index in [4.69, 9.17) is 5.73 Å². The summed E-state index contributed by atoms with van der Waals surface area (Å²) in [5.74, 6) is 2.72. The zero-order valence-corrected chi connectivity index (χ0v) is 12.4. The fourth-order valence-electron chi connectivity index (χ4n) is 3.05. The van der Waals surface area contributed by atoms with Crippen molar-refractivity contribution >= 4 is 5.96 Å². The van der Waals surface area contributed by atoms with Gasteiger partial charge in [-0.2, -0.15) is 0 Å². The largest absolute Gasteiger partial charge is 0.370 e. The maximum absolute atomic E-state index is 6.11. The van der Waals surface area contributed by atoms with Gasteiger partial charge in [0.25, 0.3) is 0 Å². The lowest BCUT2D eigenvalue weighted by molar-refractivity contribution is 0.277. The predicted molar refractivity (Wildman–Crippen MR) is 80.5 cm³/mol. The molecule has 5 nitrogen and oxygen atoms in total. The highest BCUT2D eigenvalue weighted by molar-refractivity contribution is 5.78. The van der Waals surface area contributed by atoms with E-state index in [2.05, 4.69) is 32.6 Å². The van der Waals surface area contributed by atoms with Gasteiger partial charge in [0.15, 0.2) is 5.96 Å². The molecular formula is C15H25N5. The van der Waals surface area contributed by atoms with Crippen molar-refractivity contribution in [3.05, 3.63) is 17.7 Å². The molecule has 0 saturated carbocycles. The Morgan fingerprint density at radius 1 is 1.35 bits per heavy atom. The maximum atomic E-state index is 6.11. The molecular weight excluding hydrogens is 250 g/mol. The highest BCUT2D eigenvalue weighted by Crippen LogP contribution is 2.17. The molecule has 0 spiro atoms. The number of fused-ring (bicyclic) bond motifs is 1. The van der Waals surface area contributed by atoms with Crippen LogP contribution in [-0.2, 0) is 19.5 Å². The summed E-state index contributed by atoms with van der Waals surface area (Å²) in [4.78, 5) is 11.4. The number of aryl methyl sites for hydroxylation is 2. The van der Waals surface area contributed by atoms with Crippen LogP contribution in [0.2, 0.25) is 0 Å². The lowest BCUT2D eigenvalue weighted by atomic mass is 10.00. The Morgan fingerprint density at radius 2 is 2.15 bits per heavy atom. The number of piperidine rings is 1. The number of guanidine groups is 1. The standard InChI is InChI=1S/C15H25N5/c1-12-5-8-19(9-6-12)15(16)17-10-13-11-20-7-3-2-4-14(20)18-13/h11-12H,2-10H2,1H3,(H2,16,17). The number of nitrogens with two attached hydrogens (primary N) is 1. The van der Waals surface area contributed by atoms with Gasteiger partial charge in [0.05, 0.1) is 12.2 Å². The van der Waals surface area contributed by atoms with Gasteiger partial charge >= 0.3 is 0 Å². The highest BCUT2D eigenvalue weighted by Gasteiger charge is 2.17. The average Bonchev–Trinajstić information content (AvgIpc) is 2.88. The van der Waals surface area contributed by atoms with Gasteiger partial charge in [-0.25, -0.2) is 9.98 Å². The first-order chi connectivity index (χ1) is 9.72. The topological polar surface area (TPSA) is 59.4 Å². The SMILES string of the molecule is CC1CCN(C(N)=NCc2cn3c(n2)CCCC3)CC1. The van der Waals surface area contributed by atoms with E-state index in [9.17, 15) is 0 Å². The van der Waals surface area contributed by atoms with Gasteiger partial charge in [-0.05, 0) is 31.6 Å². The third-order valence-corrected chi connectivity index (χ3v) is 4.47. The van der Waals surface area contributed by atoms with Crippen molar-refractivity contribution in [2.45, 2.75) is 52.1 Å². The summed E-state index contributed by atoms with van der Waals surface area (Å²) >= 11 is 0. The number of imidazole rings is 1. The zero-order valence-electron chi connectivity index (χ0n) is 12.4. The molecule has 3 heterocycles. The summed E-state index contributed by atoms with van der Waals surface area (Å²) in [6, 6.07) is 0. The third-order valence-electron chi connectivity index (χ3n) is 4.47. The minimum absolute atomic E-state index is 0.609. The molecule has 1 fully saturated rings. The molecule has 110 valence electrons. The van der Waals surface area contributed by atoms with Gasteiger partial charge in [-0.15, -0.1) is 0 Å². The third kappa shape index (κ3) is 2.97. The van der Waals surface area contributed by atoms with Crippen LogP contribution in [-0.4, -0.2) is 33.5 Å². The fraction of sp³-hybridized carbons (Fsp3) is 0.733. The summed E-state index contributed by atoms with van der Waals surface area (Å²) < 4.78 is 2.27. The summed E-state index contributed by atoms with van der Waals surface area (Å²) in [6.45, 7) is 6.09. The van der Waals surface area contributed by atoms with E-state index >= 15 is 0 Å². The van der Waals surface area contributed by atoms with Crippen molar-refractivity contribution in [1.29, 1.82) is 0 Å². The Labute approximate surface area is 120 Å². The molecule has 0 amide bonds. The Kier molecular flexibility index (Phi) is 3.94. The summed E-state index contributed by atoms with van der Waals surface area (Å²) in [6.07, 6.45) is 8.20. The van der Waals surface area contributed by atoms with Crippen molar-refractivity contribution in [3.8, 4) is 0 Å². The van der Waals surface area contributed by atoms with E-state index in [0.717, 1.165) is 37.7 Å². The Hall–Kier alpha value is -1.52. The van der Waals surface area contributed by atoms with E-state index in [0.29, 0.717) is 12.5 Å². The van der Waals surface area contributed by atoms with E-state index in [1.54, 1.807) is 0 Å². The molecule has 0 aliphatic carbocycles. The number of rotatable bonds is 2. The van der Waals surface area contributed by atoms with Gasteiger partial charge in [0.2, 0.25) is 0 Å². The first-order valence-corrected chi connectivity index (χ1v) is 7.82. The van der Waals surface area contributed by atoms with Crippen LogP contribution in [0.3, 0.4) is 0 Å². The molecule has 5 heteroatoms. The quantitative estimate of drug-likeness (QED) is 0.661. The molecule has 0 radical (unpaired) electrons. The van der Waals surface area contributed by atoms with Crippen molar-refractivity contribution in [1.82, 2.24) is 14.5 Å². The predicted octanol–water partition coefficient (Wildman–Crippen LogP) is 1.77. The summed E-state index contributed by atoms with van der Waals surface area (Å²) in [7, 11) is 0. The van der Waals surface area contributed by atoms with E-state index in [1.165, 1.54) is 31.5 Å². The lowest BCUT2D eigenvalue weighted by Gasteiger charge is -2.30. The van der Waals surface area contributed by atoms with Crippen LogP contribution in [0.1, 0.15) is 44.1 Å². The van der Waals surface area contributed by atoms with Crippen molar-refractivity contribution in [2.75, 3.05) is 13.1 Å². The minimum Gasteiger partial charge on any atom is -0.370 e. The number of aromatic nitrogens is 2. The molecule has 0 aromatic carbocycles. The van der Waals surface area contributed by atoms with Crippen LogP contribution >= 0.6 is 0 Å². The van der Waals surface area contributed by atoms with Crippen LogP contribution in [0.25, 0.3) is 0 Å². The Bertz CT molecular complexity index is 459. The Morgan fingerprint density at radius 3 is 2.90 bits per heavy atom. The van der Waals surface area contributed by atoms with Gasteiger partial charge in [-0.1, -0.05) is 6.92 Å². The molecule has 2 N–H and O–H groups in total. The molecule has 0 unspecified atom stereocenters. The number of nitrogens with zero attached hydrogens (tertiary/aromatic N) is 4. The monoisotopic (exact) mass is 275 g/mol. The van der Waals surface area contributed by atoms with Crippen LogP contribution in [0, 0.1) is 5.92 Å². The molecule has 1 saturated heterocycles. The second-order valence-corrected chi connectivity index (χ2v) is 6.14. The second kappa shape index (κ2) is 5.85. The normalized spacial score (nSPS) is 21.1. The number of hydrogen-bond acceptors (Lipinski definition) is 2. The van der Waals surface area contributed by atoms with Crippen LogP contribution in [0.5, 0.6) is 0 Å². The van der Waals surface area contributed by atoms with Gasteiger partial charge in [0, 0.05) is 32.3 Å². The number of aliphatic imine (C=N–C) groups is 1. The first kappa shape index (κ1) is 13.5. The smallest absolute Gasteiger partial charge is 0.191 e. The van der Waals surface area contributed by atoms with E-state index in [-0.39, 0.29) is 0 Å². The minimum atomic E-state index is 0.609. The molecule has 0 bridgehead atoms. The van der Waals surface area contributed by atoms with Crippen molar-refractivity contribution in [3.63, 3.8) is 0 Å². The molecule has 2 aliphatic rings. The van der Waals surface area contributed by atoms with E-state index < -0.39 is 0 Å². The highest BCUT2D eigenvalue weighted by atomic mass is 15.3. The number of likely N-dealkylation sites (tertiary alicyclic amines) is 1. The molecule has 0 atom stereocenters. The number of hydrogen-bond donors (Lipinski definition) is 1. The average molecular weight is 275 g/mol. The van der Waals surface area contributed by atoms with Crippen molar-refractivity contribution < 1.29 is 0 Å². The molecule has 1 aromatic rings. The molecule has 1 aromatic heterocycles. The van der Waals surface area contributed by atoms with Gasteiger partial charge in [-0.3, -0.25) is 0 Å². The van der Waals surface area contributed by atoms with E-state index in [1.807, 2.05) is 0 Å². The Balaban J connectivity index is 1.60. The van der Waals surface area contributed by atoms with Crippen LogP contribution < -0.4 is 5.73 Å². The fourth-order valence-corrected chi connectivity index (χ4v) is 3.05. The molecule has 2 aliphatic heterocycles. The van der Waals surface area contributed by atoms with Crippen LogP contribution in [0.15, 0.2) is 11.2 Å². The molecule has 20 heavy (non-hydrogen) atoms. The molecule has 3 rings (SSSR count). The summed E-state index contributed by atoms with van der Waals surface area (Å²) in [5.41, 5.74) is 7.16. The first-order valence-electron chi connectivity index (χ1n) is 7.82. The van der Waals surface area contributed by atoms with Crippen LogP contribution in [0.4, 0.5) is 0 Å². The zero-order chi connectivity index (χ0) is 13.9. The lowest BCUT2D eigenvalue weighted by Crippen LogP contribution is -2.42. The summed E-state index contributed by atoms with van der Waals surface area (Å²) in [5, 5.41) is 0. The van der Waals surface area contributed by atoms with Gasteiger partial charge in [0.1, 0.15) is 5.82 Å². The maximum Gasteiger partial charge on any atom is 0.191 e. The van der Waals surface area contributed by atoms with Gasteiger partial charge < -0.3 is 15.2 Å². The van der Waals surface area contributed by atoms with Crippen molar-refractivity contribution in [2.24, 2.45) is 16.6 Å². The second-order valence-electron chi connectivity index (χ2n) is 6.14.